The van der Waals surface area contributed by atoms with Gasteiger partial charge in [-0.3, -0.25) is 0 Å². The van der Waals surface area contributed by atoms with Crippen molar-refractivity contribution >= 4 is 45.6 Å². The van der Waals surface area contributed by atoms with Crippen molar-refractivity contribution in [3.05, 3.63) is 91.0 Å². The minimum atomic E-state index is -1.42. The molecule has 0 aliphatic carbocycles. The van der Waals surface area contributed by atoms with Gasteiger partial charge in [0.2, 0.25) is 0 Å². The number of rotatable bonds is 6. The van der Waals surface area contributed by atoms with Crippen molar-refractivity contribution in [1.29, 1.82) is 0 Å². The topological polar surface area (TPSA) is 0 Å². The van der Waals surface area contributed by atoms with Crippen LogP contribution in [-0.4, -0.2) is 32.6 Å². The monoisotopic (exact) mass is 384 g/mol. The summed E-state index contributed by atoms with van der Waals surface area (Å²) >= 11 is 0. The molecule has 4 rings (SSSR count). The molecule has 0 nitrogen and oxygen atoms in total. The molecule has 0 saturated carbocycles. The van der Waals surface area contributed by atoms with Gasteiger partial charge in [-0.1, -0.05) is 78.9 Å². The van der Waals surface area contributed by atoms with Gasteiger partial charge in [0.05, 0.1) is 18.7 Å². The summed E-state index contributed by atoms with van der Waals surface area (Å²) in [5, 5.41) is 4.45. The van der Waals surface area contributed by atoms with Gasteiger partial charge in [-0.2, -0.15) is 0 Å². The van der Waals surface area contributed by atoms with Crippen LogP contribution in [-0.2, 0) is 0 Å². The molecule has 2 atom stereocenters. The summed E-state index contributed by atoms with van der Waals surface area (Å²) in [6, 6.07) is 33.3. The molecule has 1 saturated heterocycles. The Labute approximate surface area is 167 Å². The summed E-state index contributed by atoms with van der Waals surface area (Å²) in [6.07, 6.45) is 5.10. The minimum Gasteiger partial charge on any atom is -0.0622 e. The van der Waals surface area contributed by atoms with Gasteiger partial charge in [0.25, 0.3) is 6.89 Å². The molecule has 3 aromatic rings. The van der Waals surface area contributed by atoms with Crippen molar-refractivity contribution in [2.24, 2.45) is 0 Å². The molecule has 1 heterocycles. The van der Waals surface area contributed by atoms with Crippen LogP contribution in [0.1, 0.15) is 12.8 Å². The maximum atomic E-state index is 6.38. The molecular formula is C23H24B2P2+. The standard InChI is InChI=1S/C23H24B2P2/c24-25-27(22-15-8-3-9-16-22)18-10-17-23(27)19-26(20-11-4-1-5-12-20)21-13-6-2-7-14-21/h1-9,11-16,23H,10,17-19H2/q+1. The molecule has 0 bridgehead atoms. The van der Waals surface area contributed by atoms with Crippen LogP contribution in [0.5, 0.6) is 0 Å². The summed E-state index contributed by atoms with van der Waals surface area (Å²) in [4.78, 5) is 0. The third kappa shape index (κ3) is 3.94. The van der Waals surface area contributed by atoms with E-state index in [-0.39, 0.29) is 7.92 Å². The van der Waals surface area contributed by atoms with Gasteiger partial charge >= 0.3 is 0 Å². The SMILES string of the molecule is [B][B][P+]1(c2ccccc2)CCCC1CP(c1ccccc1)c1ccccc1. The zero-order valence-electron chi connectivity index (χ0n) is 15.6. The lowest BCUT2D eigenvalue weighted by Crippen LogP contribution is -2.29. The third-order valence-corrected chi connectivity index (χ3v) is 13.3. The molecular weight excluding hydrogens is 360 g/mol. The van der Waals surface area contributed by atoms with Crippen molar-refractivity contribution in [2.45, 2.75) is 18.5 Å². The Morgan fingerprint density at radius 1 is 0.815 bits per heavy atom. The summed E-state index contributed by atoms with van der Waals surface area (Å²) in [5.41, 5.74) is 0.691. The van der Waals surface area contributed by atoms with Crippen LogP contribution in [0.2, 0.25) is 0 Å². The Kier molecular flexibility index (Phi) is 6.17. The zero-order chi connectivity index (χ0) is 18.5. The minimum absolute atomic E-state index is 0.364. The molecule has 27 heavy (non-hydrogen) atoms. The van der Waals surface area contributed by atoms with Crippen LogP contribution >= 0.6 is 15.1 Å². The van der Waals surface area contributed by atoms with Crippen molar-refractivity contribution in [3.8, 4) is 0 Å². The maximum absolute atomic E-state index is 6.38. The summed E-state index contributed by atoms with van der Waals surface area (Å²) in [7, 11) is 4.60. The summed E-state index contributed by atoms with van der Waals surface area (Å²) in [6.45, 7) is 2.11. The highest BCUT2D eigenvalue weighted by Gasteiger charge is 2.50. The van der Waals surface area contributed by atoms with E-state index in [1.807, 2.05) is 0 Å². The van der Waals surface area contributed by atoms with Gasteiger partial charge < -0.3 is 0 Å². The normalized spacial score (nSPS) is 22.0. The molecule has 2 unspecified atom stereocenters. The van der Waals surface area contributed by atoms with E-state index in [9.17, 15) is 0 Å². The van der Waals surface area contributed by atoms with Crippen molar-refractivity contribution in [2.75, 3.05) is 12.3 Å². The second-order valence-electron chi connectivity index (χ2n) is 7.22. The predicted molar refractivity (Wildman–Crippen MR) is 126 cm³/mol. The highest BCUT2D eigenvalue weighted by atomic mass is 31.2. The van der Waals surface area contributed by atoms with Gasteiger partial charge in [0.1, 0.15) is 0 Å². The fourth-order valence-corrected chi connectivity index (χ4v) is 12.1. The second kappa shape index (κ2) is 8.77. The highest BCUT2D eigenvalue weighted by molar-refractivity contribution is 8.11. The molecule has 4 heteroatoms. The van der Waals surface area contributed by atoms with Gasteiger partial charge in [-0.05, 0) is 50.6 Å². The van der Waals surface area contributed by atoms with E-state index >= 15 is 0 Å². The molecule has 1 fully saturated rings. The van der Waals surface area contributed by atoms with Crippen LogP contribution in [0.4, 0.5) is 0 Å². The largest absolute Gasteiger partial charge is 0.295 e. The van der Waals surface area contributed by atoms with E-state index < -0.39 is 7.14 Å². The number of benzene rings is 3. The smallest absolute Gasteiger partial charge is 0.0622 e. The molecule has 3 aromatic carbocycles. The van der Waals surface area contributed by atoms with Crippen LogP contribution < -0.4 is 15.9 Å². The molecule has 3 radical (unpaired) electrons. The Bertz CT molecular complexity index is 803. The molecule has 131 valence electrons. The van der Waals surface area contributed by atoms with Crippen LogP contribution in [0, 0.1) is 0 Å². The third-order valence-electron chi connectivity index (χ3n) is 5.75. The van der Waals surface area contributed by atoms with Gasteiger partial charge in [-0.15, -0.1) is 0 Å². The lowest BCUT2D eigenvalue weighted by molar-refractivity contribution is 0.841. The first-order chi connectivity index (χ1) is 13.3. The van der Waals surface area contributed by atoms with Crippen molar-refractivity contribution < 1.29 is 0 Å². The number of hydrogen-bond donors (Lipinski definition) is 0. The molecule has 0 amide bonds. The molecule has 1 aliphatic rings. The van der Waals surface area contributed by atoms with E-state index in [0.717, 1.165) is 0 Å². The van der Waals surface area contributed by atoms with Gasteiger partial charge in [0, 0.05) is 12.3 Å². The fourth-order valence-electron chi connectivity index (χ4n) is 4.35. The lowest BCUT2D eigenvalue weighted by atomic mass is 9.79. The summed E-state index contributed by atoms with van der Waals surface area (Å²) in [5.74, 6) is 0. The molecule has 1 aliphatic heterocycles. The Morgan fingerprint density at radius 3 is 1.85 bits per heavy atom. The number of hydrogen-bond acceptors (Lipinski definition) is 0. The van der Waals surface area contributed by atoms with Gasteiger partial charge in [0.15, 0.2) is 0 Å². The van der Waals surface area contributed by atoms with Crippen molar-refractivity contribution in [3.63, 3.8) is 0 Å². The average Bonchev–Trinajstić information content (AvgIpc) is 3.17. The van der Waals surface area contributed by atoms with E-state index in [4.69, 9.17) is 7.74 Å². The Morgan fingerprint density at radius 2 is 1.33 bits per heavy atom. The first kappa shape index (κ1) is 19.0. The summed E-state index contributed by atoms with van der Waals surface area (Å²) < 4.78 is 0. The maximum Gasteiger partial charge on any atom is 0.295 e. The molecule has 0 spiro atoms. The zero-order valence-corrected chi connectivity index (χ0v) is 17.4. The molecule has 0 N–H and O–H groups in total. The predicted octanol–water partition coefficient (Wildman–Crippen LogP) is 4.33. The van der Waals surface area contributed by atoms with E-state index in [1.165, 1.54) is 41.1 Å². The Balaban J connectivity index is 1.70. The average molecular weight is 384 g/mol. The van der Waals surface area contributed by atoms with Crippen LogP contribution in [0.25, 0.3) is 0 Å². The fraction of sp³-hybridized carbons (Fsp3) is 0.217. The highest BCUT2D eigenvalue weighted by Crippen LogP contribution is 2.67. The first-order valence-electron chi connectivity index (χ1n) is 9.70. The lowest BCUT2D eigenvalue weighted by Gasteiger charge is -2.32. The van der Waals surface area contributed by atoms with Crippen LogP contribution in [0.15, 0.2) is 91.0 Å². The Hall–Kier alpha value is -1.35. The van der Waals surface area contributed by atoms with Crippen molar-refractivity contribution in [1.82, 2.24) is 0 Å². The molecule has 0 aromatic heterocycles. The first-order valence-corrected chi connectivity index (χ1v) is 13.3. The van der Waals surface area contributed by atoms with E-state index in [2.05, 4.69) is 97.9 Å². The van der Waals surface area contributed by atoms with E-state index in [1.54, 1.807) is 0 Å². The van der Waals surface area contributed by atoms with Gasteiger partial charge in [-0.25, -0.2) is 0 Å². The van der Waals surface area contributed by atoms with E-state index in [0.29, 0.717) is 5.66 Å². The quantitative estimate of drug-likeness (QED) is 0.439. The second-order valence-corrected chi connectivity index (χ2v) is 13.3. The van der Waals surface area contributed by atoms with Crippen LogP contribution in [0.3, 0.4) is 0 Å².